The minimum atomic E-state index is -3.78. The number of hydrogen-bond acceptors (Lipinski definition) is 5. The SMILES string of the molecule is CC[C@]12CN(S(=O)(=O)c3ccc(C)cc3)[C@H](c3cccnc3)[C@H]1C(=O)O2. The Morgan fingerprint density at radius 3 is 2.58 bits per heavy atom. The van der Waals surface area contributed by atoms with Crippen LogP contribution in [0, 0.1) is 12.8 Å². The molecule has 0 N–H and O–H groups in total. The first-order chi connectivity index (χ1) is 12.4. The second-order valence-corrected chi connectivity index (χ2v) is 8.80. The van der Waals surface area contributed by atoms with Gasteiger partial charge in [0.1, 0.15) is 11.5 Å². The molecular weight excluding hydrogens is 352 g/mol. The Morgan fingerprint density at radius 1 is 1.27 bits per heavy atom. The predicted octanol–water partition coefficient (Wildman–Crippen LogP) is 2.46. The largest absolute Gasteiger partial charge is 0.456 e. The lowest BCUT2D eigenvalue weighted by molar-refractivity contribution is -0.205. The average Bonchev–Trinajstić information content (AvgIpc) is 2.92. The number of ether oxygens (including phenoxy) is 1. The minimum absolute atomic E-state index is 0.162. The number of aromatic nitrogens is 1. The van der Waals surface area contributed by atoms with Gasteiger partial charge < -0.3 is 4.74 Å². The Kier molecular flexibility index (Phi) is 3.89. The van der Waals surface area contributed by atoms with Crippen molar-refractivity contribution in [1.29, 1.82) is 0 Å². The van der Waals surface area contributed by atoms with Gasteiger partial charge in [0.25, 0.3) is 0 Å². The molecule has 1 aromatic carbocycles. The lowest BCUT2D eigenvalue weighted by Crippen LogP contribution is -2.56. The Balaban J connectivity index is 1.83. The molecule has 0 spiro atoms. The van der Waals surface area contributed by atoms with Crippen LogP contribution in [0.5, 0.6) is 0 Å². The van der Waals surface area contributed by atoms with Crippen LogP contribution in [0.2, 0.25) is 0 Å². The van der Waals surface area contributed by atoms with Gasteiger partial charge in [-0.25, -0.2) is 8.42 Å². The Labute approximate surface area is 152 Å². The van der Waals surface area contributed by atoms with Gasteiger partial charge in [0.15, 0.2) is 0 Å². The summed E-state index contributed by atoms with van der Waals surface area (Å²) in [4.78, 5) is 16.6. The van der Waals surface area contributed by atoms with E-state index in [-0.39, 0.29) is 17.4 Å². The van der Waals surface area contributed by atoms with Crippen molar-refractivity contribution in [2.45, 2.75) is 36.8 Å². The average molecular weight is 372 g/mol. The van der Waals surface area contributed by atoms with Crippen molar-refractivity contribution >= 4 is 16.0 Å². The van der Waals surface area contributed by atoms with Gasteiger partial charge in [-0.2, -0.15) is 4.31 Å². The fourth-order valence-corrected chi connectivity index (χ4v) is 5.64. The molecule has 2 aromatic rings. The van der Waals surface area contributed by atoms with E-state index in [0.29, 0.717) is 12.0 Å². The molecule has 0 aliphatic carbocycles. The molecule has 26 heavy (non-hydrogen) atoms. The second-order valence-electron chi connectivity index (χ2n) is 6.91. The highest BCUT2D eigenvalue weighted by Crippen LogP contribution is 2.55. The van der Waals surface area contributed by atoms with Crippen LogP contribution in [-0.4, -0.2) is 35.8 Å². The maximum Gasteiger partial charge on any atom is 0.315 e. The summed E-state index contributed by atoms with van der Waals surface area (Å²) in [6.07, 6.45) is 3.82. The highest BCUT2D eigenvalue weighted by Gasteiger charge is 2.68. The molecule has 3 heterocycles. The fourth-order valence-electron chi connectivity index (χ4n) is 3.95. The van der Waals surface area contributed by atoms with Crippen molar-refractivity contribution in [2.75, 3.05) is 6.54 Å². The van der Waals surface area contributed by atoms with Crippen molar-refractivity contribution < 1.29 is 17.9 Å². The van der Waals surface area contributed by atoms with Crippen LogP contribution in [0.3, 0.4) is 0 Å². The smallest absolute Gasteiger partial charge is 0.315 e. The molecule has 7 heteroatoms. The van der Waals surface area contributed by atoms with E-state index in [4.69, 9.17) is 4.74 Å². The van der Waals surface area contributed by atoms with E-state index in [1.165, 1.54) is 4.31 Å². The molecule has 4 rings (SSSR count). The van der Waals surface area contributed by atoms with Gasteiger partial charge in [0.2, 0.25) is 10.0 Å². The third kappa shape index (κ3) is 2.38. The molecule has 2 aliphatic rings. The summed E-state index contributed by atoms with van der Waals surface area (Å²) in [5.74, 6) is -0.848. The number of esters is 1. The zero-order valence-electron chi connectivity index (χ0n) is 14.6. The Hall–Kier alpha value is -2.25. The third-order valence-corrected chi connectivity index (χ3v) is 7.27. The topological polar surface area (TPSA) is 76.6 Å². The number of nitrogens with zero attached hydrogens (tertiary/aromatic N) is 2. The van der Waals surface area contributed by atoms with Gasteiger partial charge in [-0.05, 0) is 37.1 Å². The summed E-state index contributed by atoms with van der Waals surface area (Å²) < 4.78 is 33.6. The molecule has 0 amide bonds. The normalized spacial score (nSPS) is 28.3. The van der Waals surface area contributed by atoms with E-state index in [0.717, 1.165) is 5.56 Å². The van der Waals surface area contributed by atoms with Crippen LogP contribution in [0.25, 0.3) is 0 Å². The van der Waals surface area contributed by atoms with Crippen molar-refractivity contribution in [3.05, 3.63) is 59.9 Å². The van der Waals surface area contributed by atoms with E-state index in [9.17, 15) is 13.2 Å². The van der Waals surface area contributed by atoms with Gasteiger partial charge >= 0.3 is 5.97 Å². The van der Waals surface area contributed by atoms with E-state index < -0.39 is 27.6 Å². The van der Waals surface area contributed by atoms with Crippen molar-refractivity contribution in [1.82, 2.24) is 9.29 Å². The first-order valence-corrected chi connectivity index (χ1v) is 10.0. The molecule has 6 nitrogen and oxygen atoms in total. The van der Waals surface area contributed by atoms with Crippen LogP contribution >= 0.6 is 0 Å². The number of sulfonamides is 1. The molecule has 0 bridgehead atoms. The maximum atomic E-state index is 13.4. The number of carbonyl (C=O) groups is 1. The zero-order chi connectivity index (χ0) is 18.5. The third-order valence-electron chi connectivity index (χ3n) is 5.43. The summed E-state index contributed by atoms with van der Waals surface area (Å²) in [5, 5.41) is 0. The van der Waals surface area contributed by atoms with Gasteiger partial charge in [-0.15, -0.1) is 0 Å². The minimum Gasteiger partial charge on any atom is -0.456 e. The van der Waals surface area contributed by atoms with E-state index in [2.05, 4.69) is 4.98 Å². The van der Waals surface area contributed by atoms with Gasteiger partial charge in [0, 0.05) is 12.4 Å². The highest BCUT2D eigenvalue weighted by atomic mass is 32.2. The van der Waals surface area contributed by atoms with E-state index in [1.54, 1.807) is 42.7 Å². The van der Waals surface area contributed by atoms with Gasteiger partial charge in [0.05, 0.1) is 17.5 Å². The number of fused-ring (bicyclic) bond motifs is 1. The van der Waals surface area contributed by atoms with Crippen molar-refractivity contribution in [2.24, 2.45) is 5.92 Å². The Morgan fingerprint density at radius 2 is 2.00 bits per heavy atom. The number of carbonyl (C=O) groups excluding carboxylic acids is 1. The molecule has 0 saturated carbocycles. The molecule has 2 saturated heterocycles. The van der Waals surface area contributed by atoms with Crippen LogP contribution in [-0.2, 0) is 19.6 Å². The molecule has 2 aliphatic heterocycles. The Bertz CT molecular complexity index is 943. The number of pyridine rings is 1. The zero-order valence-corrected chi connectivity index (χ0v) is 15.4. The molecule has 3 atom stereocenters. The quantitative estimate of drug-likeness (QED) is 0.771. The fraction of sp³-hybridized carbons (Fsp3) is 0.368. The van der Waals surface area contributed by atoms with Crippen LogP contribution in [0.4, 0.5) is 0 Å². The maximum absolute atomic E-state index is 13.4. The molecule has 0 radical (unpaired) electrons. The standard InChI is InChI=1S/C19H20N2O4S/c1-3-19-12-21(26(23,24)15-8-6-13(2)7-9-15)17(16(19)18(22)25-19)14-5-4-10-20-11-14/h4-11,16-17H,3,12H2,1-2H3/t16-,17+,19-/m0/s1. The molecule has 2 fully saturated rings. The van der Waals surface area contributed by atoms with E-state index >= 15 is 0 Å². The number of rotatable bonds is 4. The summed E-state index contributed by atoms with van der Waals surface area (Å²) in [6, 6.07) is 9.71. The van der Waals surface area contributed by atoms with Crippen molar-refractivity contribution in [3.8, 4) is 0 Å². The van der Waals surface area contributed by atoms with E-state index in [1.807, 2.05) is 19.9 Å². The first kappa shape index (κ1) is 17.2. The molecule has 1 aromatic heterocycles. The summed E-state index contributed by atoms with van der Waals surface area (Å²) in [5.41, 5.74) is 0.938. The first-order valence-electron chi connectivity index (χ1n) is 8.60. The molecule has 0 unspecified atom stereocenters. The van der Waals surface area contributed by atoms with Gasteiger partial charge in [-0.3, -0.25) is 9.78 Å². The highest BCUT2D eigenvalue weighted by molar-refractivity contribution is 7.89. The number of aryl methyl sites for hydroxylation is 1. The van der Waals surface area contributed by atoms with Crippen molar-refractivity contribution in [3.63, 3.8) is 0 Å². The molecular formula is C19H20N2O4S. The van der Waals surface area contributed by atoms with Crippen LogP contribution < -0.4 is 0 Å². The summed E-state index contributed by atoms with van der Waals surface area (Å²) >= 11 is 0. The second kappa shape index (κ2) is 5.89. The number of benzene rings is 1. The molecule has 136 valence electrons. The van der Waals surface area contributed by atoms with Gasteiger partial charge in [-0.1, -0.05) is 30.7 Å². The lowest BCUT2D eigenvalue weighted by atomic mass is 9.77. The monoisotopic (exact) mass is 372 g/mol. The number of hydrogen-bond donors (Lipinski definition) is 0. The lowest BCUT2D eigenvalue weighted by Gasteiger charge is -2.43. The van der Waals surface area contributed by atoms with Crippen LogP contribution in [0.1, 0.15) is 30.5 Å². The predicted molar refractivity (Wildman–Crippen MR) is 94.7 cm³/mol. The van der Waals surface area contributed by atoms with Crippen LogP contribution in [0.15, 0.2) is 53.7 Å². The summed E-state index contributed by atoms with van der Waals surface area (Å²) in [7, 11) is -3.78. The summed E-state index contributed by atoms with van der Waals surface area (Å²) in [6.45, 7) is 3.99.